The van der Waals surface area contributed by atoms with E-state index in [2.05, 4.69) is 50.5 Å². The van der Waals surface area contributed by atoms with Crippen molar-refractivity contribution >= 4 is 0 Å². The predicted molar refractivity (Wildman–Crippen MR) is 67.3 cm³/mol. The summed E-state index contributed by atoms with van der Waals surface area (Å²) in [5.74, 6) is 0. The van der Waals surface area contributed by atoms with Crippen LogP contribution in [0.5, 0.6) is 0 Å². The maximum Gasteiger partial charge on any atom is 0.00615 e. The van der Waals surface area contributed by atoms with Gasteiger partial charge in [-0.15, -0.1) is 0 Å². The molecule has 0 aromatic heterocycles. The van der Waals surface area contributed by atoms with E-state index in [4.69, 9.17) is 0 Å². The van der Waals surface area contributed by atoms with Gasteiger partial charge in [0.1, 0.15) is 0 Å². The Bertz CT molecular complexity index is 276. The van der Waals surface area contributed by atoms with Gasteiger partial charge in [0.2, 0.25) is 0 Å². The molecule has 1 atom stereocenters. The summed E-state index contributed by atoms with van der Waals surface area (Å²) >= 11 is 0. The van der Waals surface area contributed by atoms with Crippen LogP contribution in [-0.4, -0.2) is 13.1 Å². The molecule has 0 aliphatic carbocycles. The topological polar surface area (TPSA) is 12.0 Å². The van der Waals surface area contributed by atoms with Crippen LogP contribution in [0.2, 0.25) is 0 Å². The number of hydrogen-bond donors (Lipinski definition) is 1. The molecular weight excluding hydrogens is 182 g/mol. The summed E-state index contributed by atoms with van der Waals surface area (Å²) in [6.45, 7) is 4.40. The first-order valence-electron chi connectivity index (χ1n) is 5.99. The maximum absolute atomic E-state index is 3.35. The Morgan fingerprint density at radius 1 is 1.33 bits per heavy atom. The van der Waals surface area contributed by atoms with E-state index in [1.807, 2.05) is 0 Å². The number of hydrogen-bond acceptors (Lipinski definition) is 1. The van der Waals surface area contributed by atoms with E-state index in [1.54, 1.807) is 0 Å². The molecule has 0 heterocycles. The van der Waals surface area contributed by atoms with E-state index in [-0.39, 0.29) is 0 Å². The molecule has 1 rings (SSSR count). The number of rotatable bonds is 6. The Kier molecular flexibility index (Phi) is 5.41. The van der Waals surface area contributed by atoms with Gasteiger partial charge in [-0.1, -0.05) is 36.8 Å². The van der Waals surface area contributed by atoms with Gasteiger partial charge in [0, 0.05) is 6.04 Å². The third kappa shape index (κ3) is 4.48. The van der Waals surface area contributed by atoms with Crippen molar-refractivity contribution in [2.75, 3.05) is 7.05 Å². The first-order chi connectivity index (χ1) is 7.26. The van der Waals surface area contributed by atoms with Crippen LogP contribution in [0.25, 0.3) is 0 Å². The molecule has 0 radical (unpaired) electrons. The van der Waals surface area contributed by atoms with Crippen LogP contribution in [0.1, 0.15) is 37.3 Å². The van der Waals surface area contributed by atoms with Gasteiger partial charge in [0.05, 0.1) is 0 Å². The van der Waals surface area contributed by atoms with Gasteiger partial charge < -0.3 is 5.32 Å². The van der Waals surface area contributed by atoms with E-state index in [0.29, 0.717) is 6.04 Å². The highest BCUT2D eigenvalue weighted by atomic mass is 14.9. The molecule has 1 nitrogen and oxygen atoms in total. The lowest BCUT2D eigenvalue weighted by Crippen LogP contribution is -2.23. The summed E-state index contributed by atoms with van der Waals surface area (Å²) in [6, 6.07) is 9.52. The lowest BCUT2D eigenvalue weighted by molar-refractivity contribution is 0.492. The molecule has 0 aliphatic heterocycles. The van der Waals surface area contributed by atoms with E-state index in [9.17, 15) is 0 Å². The lowest BCUT2D eigenvalue weighted by Gasteiger charge is -2.13. The molecule has 1 aromatic carbocycles. The molecule has 0 saturated heterocycles. The van der Waals surface area contributed by atoms with Gasteiger partial charge in [0.25, 0.3) is 0 Å². The van der Waals surface area contributed by atoms with Gasteiger partial charge >= 0.3 is 0 Å². The highest BCUT2D eigenvalue weighted by Gasteiger charge is 2.02. The monoisotopic (exact) mass is 205 g/mol. The fourth-order valence-corrected chi connectivity index (χ4v) is 1.97. The summed E-state index contributed by atoms with van der Waals surface area (Å²) in [6.07, 6.45) is 4.99. The highest BCUT2D eigenvalue weighted by molar-refractivity contribution is 5.22. The number of nitrogens with one attached hydrogen (secondary N) is 1. The number of aryl methyl sites for hydroxylation is 2. The standard InChI is InChI=1S/C14H23N/c1-4-14(15-3)10-6-9-13-8-5-7-12(2)11-13/h5,7-8,11,14-15H,4,6,9-10H2,1-3H3. The minimum absolute atomic E-state index is 0.690. The fourth-order valence-electron chi connectivity index (χ4n) is 1.97. The largest absolute Gasteiger partial charge is 0.317 e. The Labute approximate surface area is 93.9 Å². The SMILES string of the molecule is CCC(CCCc1cccc(C)c1)NC. The smallest absolute Gasteiger partial charge is 0.00615 e. The zero-order chi connectivity index (χ0) is 11.1. The summed E-state index contributed by atoms with van der Waals surface area (Å²) < 4.78 is 0. The van der Waals surface area contributed by atoms with Crippen molar-refractivity contribution in [2.24, 2.45) is 0 Å². The highest BCUT2D eigenvalue weighted by Crippen LogP contribution is 2.10. The van der Waals surface area contributed by atoms with Crippen LogP contribution in [0, 0.1) is 6.92 Å². The summed E-state index contributed by atoms with van der Waals surface area (Å²) in [5.41, 5.74) is 2.84. The summed E-state index contributed by atoms with van der Waals surface area (Å²) in [5, 5.41) is 3.35. The van der Waals surface area contributed by atoms with Crippen molar-refractivity contribution in [1.29, 1.82) is 0 Å². The average molecular weight is 205 g/mol. The van der Waals surface area contributed by atoms with Crippen LogP contribution >= 0.6 is 0 Å². The maximum atomic E-state index is 3.35. The molecule has 0 spiro atoms. The third-order valence-corrected chi connectivity index (χ3v) is 3.00. The Balaban J connectivity index is 2.31. The first kappa shape index (κ1) is 12.3. The second-order valence-electron chi connectivity index (χ2n) is 4.28. The average Bonchev–Trinajstić information content (AvgIpc) is 2.25. The quantitative estimate of drug-likeness (QED) is 0.751. The minimum atomic E-state index is 0.690. The van der Waals surface area contributed by atoms with Crippen molar-refractivity contribution in [1.82, 2.24) is 5.32 Å². The van der Waals surface area contributed by atoms with Crippen molar-refractivity contribution in [3.05, 3.63) is 35.4 Å². The van der Waals surface area contributed by atoms with Gasteiger partial charge in [-0.05, 0) is 45.2 Å². The van der Waals surface area contributed by atoms with Crippen LogP contribution in [-0.2, 0) is 6.42 Å². The second-order valence-corrected chi connectivity index (χ2v) is 4.28. The molecule has 0 saturated carbocycles. The minimum Gasteiger partial charge on any atom is -0.317 e. The lowest BCUT2D eigenvalue weighted by atomic mass is 10.0. The molecule has 1 aromatic rings. The van der Waals surface area contributed by atoms with Crippen molar-refractivity contribution in [2.45, 2.75) is 45.6 Å². The van der Waals surface area contributed by atoms with Crippen LogP contribution < -0.4 is 5.32 Å². The normalized spacial score (nSPS) is 12.7. The van der Waals surface area contributed by atoms with Crippen LogP contribution in [0.4, 0.5) is 0 Å². The first-order valence-corrected chi connectivity index (χ1v) is 5.99. The van der Waals surface area contributed by atoms with Gasteiger partial charge in [-0.2, -0.15) is 0 Å². The Morgan fingerprint density at radius 3 is 2.73 bits per heavy atom. The van der Waals surface area contributed by atoms with Crippen molar-refractivity contribution in [3.8, 4) is 0 Å². The molecule has 15 heavy (non-hydrogen) atoms. The third-order valence-electron chi connectivity index (χ3n) is 3.00. The molecular formula is C14H23N. The molecule has 0 fully saturated rings. The Hall–Kier alpha value is -0.820. The molecule has 1 unspecified atom stereocenters. The molecule has 84 valence electrons. The van der Waals surface area contributed by atoms with Crippen LogP contribution in [0.3, 0.4) is 0 Å². The van der Waals surface area contributed by atoms with E-state index < -0.39 is 0 Å². The van der Waals surface area contributed by atoms with Gasteiger partial charge in [0.15, 0.2) is 0 Å². The summed E-state index contributed by atoms with van der Waals surface area (Å²) in [4.78, 5) is 0. The second kappa shape index (κ2) is 6.62. The molecule has 1 heteroatoms. The zero-order valence-electron chi connectivity index (χ0n) is 10.2. The van der Waals surface area contributed by atoms with E-state index >= 15 is 0 Å². The van der Waals surface area contributed by atoms with Gasteiger partial charge in [-0.3, -0.25) is 0 Å². The van der Waals surface area contributed by atoms with Crippen molar-refractivity contribution in [3.63, 3.8) is 0 Å². The predicted octanol–water partition coefficient (Wildman–Crippen LogP) is 3.32. The van der Waals surface area contributed by atoms with Crippen molar-refractivity contribution < 1.29 is 0 Å². The van der Waals surface area contributed by atoms with E-state index in [0.717, 1.165) is 0 Å². The van der Waals surface area contributed by atoms with E-state index in [1.165, 1.54) is 36.8 Å². The number of benzene rings is 1. The zero-order valence-corrected chi connectivity index (χ0v) is 10.2. The Morgan fingerprint density at radius 2 is 2.13 bits per heavy atom. The summed E-state index contributed by atoms with van der Waals surface area (Å²) in [7, 11) is 2.06. The van der Waals surface area contributed by atoms with Crippen LogP contribution in [0.15, 0.2) is 24.3 Å². The molecule has 0 aliphatic rings. The fraction of sp³-hybridized carbons (Fsp3) is 0.571. The molecule has 0 amide bonds. The molecule has 1 N–H and O–H groups in total. The molecule has 0 bridgehead atoms. The van der Waals surface area contributed by atoms with Gasteiger partial charge in [-0.25, -0.2) is 0 Å².